The lowest BCUT2D eigenvalue weighted by Crippen LogP contribution is -2.49. The highest BCUT2D eigenvalue weighted by Gasteiger charge is 2.33. The van der Waals surface area contributed by atoms with Crippen molar-refractivity contribution < 1.29 is 33.8 Å². The van der Waals surface area contributed by atoms with Crippen molar-refractivity contribution in [1.29, 1.82) is 0 Å². The molecular weight excluding hydrogens is 590 g/mol. The highest BCUT2D eigenvalue weighted by atomic mass is 16.6. The van der Waals surface area contributed by atoms with Crippen LogP contribution in [-0.2, 0) is 19.1 Å². The van der Waals surface area contributed by atoms with E-state index in [0.29, 0.717) is 38.2 Å². The molecule has 0 bridgehead atoms. The van der Waals surface area contributed by atoms with E-state index in [1.165, 1.54) is 0 Å². The third kappa shape index (κ3) is 10.3. The number of aliphatic imine (C=N–C) groups is 1. The van der Waals surface area contributed by atoms with Crippen LogP contribution in [0.3, 0.4) is 0 Å². The smallest absolute Gasteiger partial charge is 0.437 e. The number of likely N-dealkylation sites (tertiary alicyclic amines) is 1. The van der Waals surface area contributed by atoms with E-state index in [2.05, 4.69) is 9.89 Å². The average molecular weight is 638 g/mol. The number of hydrogen-bond acceptors (Lipinski definition) is 7. The molecule has 3 amide bonds. The minimum absolute atomic E-state index is 0.109. The standard InChI is InChI=1S/C34H47N5O7/c1-8-28(40)38(24-17-19-37(20-18-24)22-27(29(41)42)23-13-10-9-11-14-23)25-15-12-16-26(21-25)39(32(44)46-34(5,6)7)30(35)36-31(43)45-33(2,3)4/h9-16,21,24,27H,8,17-20,22H2,1-7H3,(H,41,42)(H2,35,36,43). The number of nitrogens with two attached hydrogens (primary N) is 1. The van der Waals surface area contributed by atoms with Crippen molar-refractivity contribution in [3.8, 4) is 0 Å². The monoisotopic (exact) mass is 637 g/mol. The number of carbonyl (C=O) groups is 4. The summed E-state index contributed by atoms with van der Waals surface area (Å²) in [5.41, 5.74) is 6.03. The molecule has 1 aliphatic rings. The van der Waals surface area contributed by atoms with Crippen molar-refractivity contribution in [2.24, 2.45) is 10.7 Å². The Bertz CT molecular complexity index is 1410. The lowest BCUT2D eigenvalue weighted by molar-refractivity contribution is -0.139. The Morgan fingerprint density at radius 2 is 1.52 bits per heavy atom. The predicted molar refractivity (Wildman–Crippen MR) is 177 cm³/mol. The molecule has 46 heavy (non-hydrogen) atoms. The van der Waals surface area contributed by atoms with Gasteiger partial charge in [0.05, 0.1) is 11.6 Å². The number of carboxylic acid groups (broad SMARTS) is 1. The van der Waals surface area contributed by atoms with Gasteiger partial charge < -0.3 is 30.1 Å². The number of anilines is 2. The molecule has 0 radical (unpaired) electrons. The number of piperidine rings is 1. The van der Waals surface area contributed by atoms with Gasteiger partial charge in [0.2, 0.25) is 11.9 Å². The summed E-state index contributed by atoms with van der Waals surface area (Å²) < 4.78 is 10.8. The highest BCUT2D eigenvalue weighted by Crippen LogP contribution is 2.30. The number of amides is 3. The van der Waals surface area contributed by atoms with E-state index >= 15 is 0 Å². The second-order valence-electron chi connectivity index (χ2n) is 13.2. The average Bonchev–Trinajstić information content (AvgIpc) is 2.95. The van der Waals surface area contributed by atoms with E-state index in [0.717, 1.165) is 10.5 Å². The maximum absolute atomic E-state index is 13.4. The summed E-state index contributed by atoms with van der Waals surface area (Å²) in [4.78, 5) is 59.9. The van der Waals surface area contributed by atoms with Crippen LogP contribution in [0.4, 0.5) is 21.0 Å². The molecule has 2 aromatic rings. The van der Waals surface area contributed by atoms with Gasteiger partial charge in [-0.05, 0) is 78.1 Å². The maximum Gasteiger partial charge on any atom is 0.437 e. The molecule has 12 heteroatoms. The zero-order chi connectivity index (χ0) is 34.2. The molecule has 1 unspecified atom stereocenters. The van der Waals surface area contributed by atoms with E-state index in [9.17, 15) is 24.3 Å². The van der Waals surface area contributed by atoms with Crippen LogP contribution in [0.15, 0.2) is 59.6 Å². The molecule has 0 saturated carbocycles. The van der Waals surface area contributed by atoms with Crippen LogP contribution in [0.5, 0.6) is 0 Å². The second-order valence-corrected chi connectivity index (χ2v) is 13.2. The van der Waals surface area contributed by atoms with E-state index in [1.807, 2.05) is 30.3 Å². The molecule has 0 spiro atoms. The first-order valence-corrected chi connectivity index (χ1v) is 15.5. The Hall–Kier alpha value is -4.45. The van der Waals surface area contributed by atoms with Crippen LogP contribution in [-0.4, -0.2) is 76.9 Å². The SMILES string of the molecule is CCC(=O)N(c1cccc(N(C(=O)OC(C)(C)C)C(N)=NC(=O)OC(C)(C)C)c1)C1CCN(CC(C(=O)O)c2ccccc2)CC1. The van der Waals surface area contributed by atoms with Crippen molar-refractivity contribution in [3.05, 3.63) is 60.2 Å². The summed E-state index contributed by atoms with van der Waals surface area (Å²) in [5, 5.41) is 9.90. The molecule has 0 aromatic heterocycles. The number of aliphatic carboxylic acids is 1. The number of guanidine groups is 1. The predicted octanol–water partition coefficient (Wildman–Crippen LogP) is 5.75. The minimum atomic E-state index is -0.971. The van der Waals surface area contributed by atoms with Gasteiger partial charge in [-0.25, -0.2) is 14.5 Å². The van der Waals surface area contributed by atoms with Crippen LogP contribution in [0.1, 0.15) is 79.2 Å². The Morgan fingerprint density at radius 1 is 0.935 bits per heavy atom. The van der Waals surface area contributed by atoms with Gasteiger partial charge in [-0.15, -0.1) is 4.99 Å². The Balaban J connectivity index is 1.89. The summed E-state index contributed by atoms with van der Waals surface area (Å²) >= 11 is 0. The van der Waals surface area contributed by atoms with E-state index in [-0.39, 0.29) is 24.1 Å². The van der Waals surface area contributed by atoms with Crippen molar-refractivity contribution in [1.82, 2.24) is 4.90 Å². The van der Waals surface area contributed by atoms with Gasteiger partial charge in [0.25, 0.3) is 0 Å². The van der Waals surface area contributed by atoms with Gasteiger partial charge in [-0.2, -0.15) is 0 Å². The zero-order valence-corrected chi connectivity index (χ0v) is 27.9. The number of hydrogen-bond donors (Lipinski definition) is 2. The summed E-state index contributed by atoms with van der Waals surface area (Å²) in [6.07, 6.45) is -0.342. The first-order valence-electron chi connectivity index (χ1n) is 15.5. The third-order valence-corrected chi connectivity index (χ3v) is 7.20. The fraction of sp³-hybridized carbons (Fsp3) is 0.500. The molecule has 12 nitrogen and oxygen atoms in total. The van der Waals surface area contributed by atoms with Gasteiger partial charge in [-0.3, -0.25) is 9.59 Å². The number of nitrogens with zero attached hydrogens (tertiary/aromatic N) is 4. The quantitative estimate of drug-likeness (QED) is 0.272. The molecule has 1 fully saturated rings. The minimum Gasteiger partial charge on any atom is -0.481 e. The van der Waals surface area contributed by atoms with E-state index in [4.69, 9.17) is 15.2 Å². The van der Waals surface area contributed by atoms with Gasteiger partial charge in [0.15, 0.2) is 0 Å². The number of rotatable bonds is 8. The lowest BCUT2D eigenvalue weighted by Gasteiger charge is -2.39. The van der Waals surface area contributed by atoms with Crippen LogP contribution in [0.25, 0.3) is 0 Å². The summed E-state index contributed by atoms with van der Waals surface area (Å²) in [7, 11) is 0. The van der Waals surface area contributed by atoms with Crippen LogP contribution >= 0.6 is 0 Å². The number of carboxylic acids is 1. The van der Waals surface area contributed by atoms with Crippen molar-refractivity contribution in [3.63, 3.8) is 0 Å². The first-order chi connectivity index (χ1) is 21.5. The summed E-state index contributed by atoms with van der Waals surface area (Å²) in [5.74, 6) is -2.09. The van der Waals surface area contributed by atoms with E-state index < -0.39 is 41.2 Å². The van der Waals surface area contributed by atoms with Gasteiger partial charge in [-0.1, -0.05) is 43.3 Å². The number of benzene rings is 2. The normalized spacial score (nSPS) is 15.5. The third-order valence-electron chi connectivity index (χ3n) is 7.20. The molecule has 3 N–H and O–H groups in total. The Morgan fingerprint density at radius 3 is 2.07 bits per heavy atom. The largest absolute Gasteiger partial charge is 0.481 e. The van der Waals surface area contributed by atoms with Crippen molar-refractivity contribution in [2.45, 2.75) is 90.9 Å². The van der Waals surface area contributed by atoms with Crippen LogP contribution in [0, 0.1) is 0 Å². The fourth-order valence-corrected chi connectivity index (χ4v) is 5.21. The first kappa shape index (κ1) is 36.0. The topological polar surface area (TPSA) is 155 Å². The molecule has 1 atom stereocenters. The molecule has 3 rings (SSSR count). The van der Waals surface area contributed by atoms with Crippen LogP contribution in [0.2, 0.25) is 0 Å². The van der Waals surface area contributed by atoms with Crippen molar-refractivity contribution >= 4 is 41.4 Å². The van der Waals surface area contributed by atoms with Crippen molar-refractivity contribution in [2.75, 3.05) is 29.4 Å². The molecule has 1 heterocycles. The molecular formula is C34H47N5O7. The summed E-state index contributed by atoms with van der Waals surface area (Å²) in [6, 6.07) is 15.7. The molecule has 2 aromatic carbocycles. The Labute approximate surface area is 271 Å². The fourth-order valence-electron chi connectivity index (χ4n) is 5.21. The highest BCUT2D eigenvalue weighted by molar-refractivity contribution is 6.15. The number of carbonyl (C=O) groups excluding carboxylic acids is 3. The van der Waals surface area contributed by atoms with Gasteiger partial charge >= 0.3 is 18.2 Å². The van der Waals surface area contributed by atoms with E-state index in [1.54, 1.807) is 77.6 Å². The lowest BCUT2D eigenvalue weighted by atomic mass is 9.96. The maximum atomic E-state index is 13.4. The zero-order valence-electron chi connectivity index (χ0n) is 27.9. The molecule has 250 valence electrons. The Kier molecular flexibility index (Phi) is 11.9. The molecule has 0 aliphatic carbocycles. The number of ether oxygens (including phenoxy) is 2. The second kappa shape index (κ2) is 15.2. The van der Waals surface area contributed by atoms with Gasteiger partial charge in [0, 0.05) is 37.8 Å². The summed E-state index contributed by atoms with van der Waals surface area (Å²) in [6.45, 7) is 13.5. The van der Waals surface area contributed by atoms with Crippen LogP contribution < -0.4 is 15.5 Å². The van der Waals surface area contributed by atoms with Gasteiger partial charge in [0.1, 0.15) is 11.2 Å². The molecule has 1 aliphatic heterocycles. The molecule has 1 saturated heterocycles.